The SMILES string of the molecule is Cc1ccc2c(c1)C(c1ccc(C(=O)[O-])cc1)c1cc(C)c3ccccc3c1-2.[Cs+]. The molecule has 29 heavy (non-hydrogen) atoms. The number of hydrogen-bond donors (Lipinski definition) is 0. The van der Waals surface area contributed by atoms with E-state index in [9.17, 15) is 9.90 Å². The average molecular weight is 496 g/mol. The number of carboxylic acid groups (broad SMARTS) is 1. The second kappa shape index (κ2) is 8.06. The summed E-state index contributed by atoms with van der Waals surface area (Å²) in [5.41, 5.74) is 8.94. The van der Waals surface area contributed by atoms with E-state index < -0.39 is 5.97 Å². The molecule has 0 bridgehead atoms. The van der Waals surface area contributed by atoms with E-state index in [0.717, 1.165) is 5.56 Å². The Balaban J connectivity index is 0.00000205. The Kier molecular flexibility index (Phi) is 5.82. The first kappa shape index (κ1) is 20.9. The van der Waals surface area contributed by atoms with Crippen LogP contribution in [0.2, 0.25) is 0 Å². The zero-order valence-electron chi connectivity index (χ0n) is 16.8. The van der Waals surface area contributed by atoms with Crippen molar-refractivity contribution < 1.29 is 78.8 Å². The van der Waals surface area contributed by atoms with Gasteiger partial charge in [0.05, 0.1) is 5.97 Å². The monoisotopic (exact) mass is 496 g/mol. The Morgan fingerprint density at radius 2 is 1.52 bits per heavy atom. The van der Waals surface area contributed by atoms with Crippen molar-refractivity contribution >= 4 is 16.7 Å². The molecule has 0 amide bonds. The summed E-state index contributed by atoms with van der Waals surface area (Å²) in [5.74, 6) is -1.04. The van der Waals surface area contributed by atoms with Crippen molar-refractivity contribution in [3.05, 3.63) is 106 Å². The number of hydrogen-bond acceptors (Lipinski definition) is 2. The maximum atomic E-state index is 11.2. The third-order valence-electron chi connectivity index (χ3n) is 5.86. The Morgan fingerprint density at radius 3 is 2.21 bits per heavy atom. The van der Waals surface area contributed by atoms with Gasteiger partial charge in [0.2, 0.25) is 0 Å². The van der Waals surface area contributed by atoms with Crippen molar-refractivity contribution in [3.8, 4) is 11.1 Å². The second-order valence-corrected chi connectivity index (χ2v) is 7.64. The first-order chi connectivity index (χ1) is 13.5. The molecule has 0 saturated heterocycles. The Hall–Kier alpha value is -1.34. The number of carbonyl (C=O) groups excluding carboxylic acids is 1. The summed E-state index contributed by atoms with van der Waals surface area (Å²) in [4.78, 5) is 11.2. The minimum atomic E-state index is -1.14. The smallest absolute Gasteiger partial charge is 0.545 e. The molecule has 1 aliphatic rings. The number of carbonyl (C=O) groups is 1. The molecule has 1 unspecified atom stereocenters. The summed E-state index contributed by atoms with van der Waals surface area (Å²) in [6, 6.07) is 24.6. The summed E-state index contributed by atoms with van der Waals surface area (Å²) >= 11 is 0. The number of carboxylic acids is 1. The Morgan fingerprint density at radius 1 is 0.828 bits per heavy atom. The number of rotatable bonds is 2. The van der Waals surface area contributed by atoms with Gasteiger partial charge < -0.3 is 9.90 Å². The number of benzene rings is 4. The van der Waals surface area contributed by atoms with Crippen LogP contribution in [0.1, 0.15) is 44.1 Å². The minimum absolute atomic E-state index is 0. The molecule has 0 aliphatic heterocycles. The van der Waals surface area contributed by atoms with Gasteiger partial charge >= 0.3 is 68.9 Å². The third-order valence-corrected chi connectivity index (χ3v) is 5.86. The third kappa shape index (κ3) is 3.44. The Bertz CT molecular complexity index is 1260. The van der Waals surface area contributed by atoms with Crippen LogP contribution in [0, 0.1) is 13.8 Å². The standard InChI is InChI=1S/C26H20O2.Cs/c1-15-7-12-21-22(13-15)24(17-8-10-18(11-9-17)26(27)28)23-14-16(2)19-5-3-4-6-20(19)25(21)23;/h3-14,24H,1-2H3,(H,27,28);/q;+1/p-1. The van der Waals surface area contributed by atoms with Crippen LogP contribution in [0.15, 0.2) is 72.8 Å². The molecule has 0 heterocycles. The summed E-state index contributed by atoms with van der Waals surface area (Å²) in [7, 11) is 0. The summed E-state index contributed by atoms with van der Waals surface area (Å²) < 4.78 is 0. The number of aryl methyl sites for hydroxylation is 2. The molecular weight excluding hydrogens is 477 g/mol. The van der Waals surface area contributed by atoms with E-state index in [0.29, 0.717) is 0 Å². The van der Waals surface area contributed by atoms with E-state index in [1.807, 2.05) is 12.1 Å². The molecular formula is C26H19CsO2. The van der Waals surface area contributed by atoms with Gasteiger partial charge in [-0.15, -0.1) is 0 Å². The molecule has 0 N–H and O–H groups in total. The van der Waals surface area contributed by atoms with E-state index in [4.69, 9.17) is 0 Å². The zero-order chi connectivity index (χ0) is 19.4. The topological polar surface area (TPSA) is 40.1 Å². The molecule has 0 radical (unpaired) electrons. The summed E-state index contributed by atoms with van der Waals surface area (Å²) in [5, 5.41) is 13.7. The van der Waals surface area contributed by atoms with E-state index in [1.165, 1.54) is 44.2 Å². The molecule has 0 aromatic heterocycles. The van der Waals surface area contributed by atoms with Gasteiger partial charge in [0.25, 0.3) is 0 Å². The van der Waals surface area contributed by atoms with Gasteiger partial charge in [0.15, 0.2) is 0 Å². The van der Waals surface area contributed by atoms with Crippen LogP contribution in [-0.4, -0.2) is 5.97 Å². The molecule has 3 heteroatoms. The zero-order valence-corrected chi connectivity index (χ0v) is 23.1. The van der Waals surface area contributed by atoms with Crippen LogP contribution < -0.4 is 74.0 Å². The van der Waals surface area contributed by atoms with Crippen LogP contribution in [-0.2, 0) is 0 Å². The van der Waals surface area contributed by atoms with Crippen molar-refractivity contribution in [3.63, 3.8) is 0 Å². The average Bonchev–Trinajstić information content (AvgIpc) is 3.01. The molecule has 4 aromatic rings. The minimum Gasteiger partial charge on any atom is -0.545 e. The van der Waals surface area contributed by atoms with Crippen molar-refractivity contribution in [2.75, 3.05) is 0 Å². The van der Waals surface area contributed by atoms with Crippen LogP contribution in [0.5, 0.6) is 0 Å². The van der Waals surface area contributed by atoms with Crippen LogP contribution in [0.3, 0.4) is 0 Å². The van der Waals surface area contributed by atoms with Crippen molar-refractivity contribution in [2.24, 2.45) is 0 Å². The fraction of sp³-hybridized carbons (Fsp3) is 0.115. The Labute approximate surface area is 229 Å². The quantitative estimate of drug-likeness (QED) is 0.375. The van der Waals surface area contributed by atoms with Crippen LogP contribution >= 0.6 is 0 Å². The van der Waals surface area contributed by atoms with Crippen molar-refractivity contribution in [1.29, 1.82) is 0 Å². The van der Waals surface area contributed by atoms with Gasteiger partial charge in [-0.3, -0.25) is 0 Å². The number of aromatic carboxylic acids is 1. The first-order valence-electron chi connectivity index (χ1n) is 9.49. The van der Waals surface area contributed by atoms with Gasteiger partial charge in [0, 0.05) is 5.92 Å². The summed E-state index contributed by atoms with van der Waals surface area (Å²) in [6.45, 7) is 4.27. The fourth-order valence-electron chi connectivity index (χ4n) is 4.60. The van der Waals surface area contributed by atoms with Gasteiger partial charge in [-0.05, 0) is 63.6 Å². The molecule has 2 nitrogen and oxygen atoms in total. The van der Waals surface area contributed by atoms with E-state index >= 15 is 0 Å². The molecule has 5 rings (SSSR count). The predicted octanol–water partition coefficient (Wildman–Crippen LogP) is 1.98. The summed E-state index contributed by atoms with van der Waals surface area (Å²) in [6.07, 6.45) is 0. The van der Waals surface area contributed by atoms with Crippen LogP contribution in [0.25, 0.3) is 21.9 Å². The van der Waals surface area contributed by atoms with Gasteiger partial charge in [-0.1, -0.05) is 78.4 Å². The molecule has 136 valence electrons. The number of fused-ring (bicyclic) bond motifs is 5. The molecule has 0 saturated carbocycles. The first-order valence-corrected chi connectivity index (χ1v) is 9.49. The fourth-order valence-corrected chi connectivity index (χ4v) is 4.60. The van der Waals surface area contributed by atoms with E-state index in [-0.39, 0.29) is 80.4 Å². The maximum absolute atomic E-state index is 11.2. The van der Waals surface area contributed by atoms with Crippen LogP contribution in [0.4, 0.5) is 0 Å². The molecule has 4 aromatic carbocycles. The van der Waals surface area contributed by atoms with Gasteiger partial charge in [-0.2, -0.15) is 0 Å². The maximum Gasteiger partial charge on any atom is 1.00 e. The normalized spacial score (nSPS) is 14.2. The molecule has 0 spiro atoms. The molecule has 1 atom stereocenters. The van der Waals surface area contributed by atoms with Gasteiger partial charge in [0.1, 0.15) is 0 Å². The van der Waals surface area contributed by atoms with E-state index in [1.54, 1.807) is 12.1 Å². The van der Waals surface area contributed by atoms with Crippen molar-refractivity contribution in [2.45, 2.75) is 19.8 Å². The largest absolute Gasteiger partial charge is 1.00 e. The second-order valence-electron chi connectivity index (χ2n) is 7.64. The van der Waals surface area contributed by atoms with Gasteiger partial charge in [-0.25, -0.2) is 0 Å². The molecule has 0 fully saturated rings. The predicted molar refractivity (Wildman–Crippen MR) is 111 cm³/mol. The van der Waals surface area contributed by atoms with Crippen molar-refractivity contribution in [1.82, 2.24) is 0 Å². The van der Waals surface area contributed by atoms with E-state index in [2.05, 4.69) is 62.4 Å². The molecule has 1 aliphatic carbocycles.